The van der Waals surface area contributed by atoms with E-state index in [0.29, 0.717) is 39.6 Å². The van der Waals surface area contributed by atoms with E-state index in [1.807, 2.05) is 13.8 Å². The highest BCUT2D eigenvalue weighted by molar-refractivity contribution is 5.86. The molecule has 0 spiro atoms. The second-order valence-corrected chi connectivity index (χ2v) is 7.42. The minimum atomic E-state index is -1.27. The number of esters is 4. The largest absolute Gasteiger partial charge is 0.461 e. The second kappa shape index (κ2) is 27.2. The van der Waals surface area contributed by atoms with Gasteiger partial charge < -0.3 is 48.1 Å². The van der Waals surface area contributed by atoms with Gasteiger partial charge in [-0.05, 0) is 41.5 Å². The van der Waals surface area contributed by atoms with Crippen molar-refractivity contribution in [3.63, 3.8) is 0 Å². The normalized spacial score (nSPS) is 17.4. The maximum atomic E-state index is 11.4. The molecule has 0 aliphatic carbocycles. The third kappa shape index (κ3) is 24.4. The molecule has 39 heavy (non-hydrogen) atoms. The molecule has 1 aliphatic rings. The molecule has 0 saturated carbocycles. The fourth-order valence-electron chi connectivity index (χ4n) is 2.07. The van der Waals surface area contributed by atoms with Crippen LogP contribution in [0, 0.1) is 0 Å². The standard InChI is InChI=1S/C12H22O7.C6H8O4.C6H14O3.CH4/c1-4-16-5-6-17-7-8-18-12(15)10(3)19-11(14)9(2)13;1-3-5(7)10-4(2)6(8)9-3;1-2-8-5-6-9-4-3-7;/h9-10,13H,4-8H2,1-3H3;3-4H,1-2H3;7H,2-6H2,1H3;1H4. The molecule has 1 heterocycles. The van der Waals surface area contributed by atoms with Crippen molar-refractivity contribution >= 4 is 23.9 Å². The molecule has 1 saturated heterocycles. The van der Waals surface area contributed by atoms with Crippen LogP contribution < -0.4 is 0 Å². The molecule has 1 rings (SSSR count). The van der Waals surface area contributed by atoms with Crippen LogP contribution in [0.1, 0.15) is 49.0 Å². The van der Waals surface area contributed by atoms with Crippen molar-refractivity contribution in [2.45, 2.75) is 73.4 Å². The van der Waals surface area contributed by atoms with Gasteiger partial charge in [0.25, 0.3) is 0 Å². The number of hydrogen-bond acceptors (Lipinski definition) is 14. The molecule has 1 aliphatic heterocycles. The van der Waals surface area contributed by atoms with Gasteiger partial charge in [-0.2, -0.15) is 0 Å². The molecule has 0 aromatic heterocycles. The van der Waals surface area contributed by atoms with Crippen LogP contribution in [0.5, 0.6) is 0 Å². The zero-order chi connectivity index (χ0) is 29.3. The predicted molar refractivity (Wildman–Crippen MR) is 138 cm³/mol. The molecular formula is C25H48O14. The fraction of sp³-hybridized carbons (Fsp3) is 0.840. The number of hydrogen-bond donors (Lipinski definition) is 2. The van der Waals surface area contributed by atoms with Crippen molar-refractivity contribution in [2.75, 3.05) is 66.1 Å². The Morgan fingerprint density at radius 3 is 1.59 bits per heavy atom. The molecular weight excluding hydrogens is 524 g/mol. The average Bonchev–Trinajstić information content (AvgIpc) is 2.87. The van der Waals surface area contributed by atoms with E-state index < -0.39 is 48.3 Å². The molecule has 14 nitrogen and oxygen atoms in total. The molecule has 0 amide bonds. The van der Waals surface area contributed by atoms with E-state index in [9.17, 15) is 19.2 Å². The zero-order valence-corrected chi connectivity index (χ0v) is 23.2. The maximum absolute atomic E-state index is 11.4. The van der Waals surface area contributed by atoms with Gasteiger partial charge in [0.05, 0.1) is 46.2 Å². The van der Waals surface area contributed by atoms with Gasteiger partial charge in [0.15, 0.2) is 18.3 Å². The number of cyclic esters (lactones) is 2. The van der Waals surface area contributed by atoms with Gasteiger partial charge in [0, 0.05) is 13.2 Å². The summed E-state index contributed by atoms with van der Waals surface area (Å²) in [5.41, 5.74) is 0. The summed E-state index contributed by atoms with van der Waals surface area (Å²) in [4.78, 5) is 43.7. The summed E-state index contributed by atoms with van der Waals surface area (Å²) < 4.78 is 38.8. The van der Waals surface area contributed by atoms with E-state index in [2.05, 4.69) is 14.2 Å². The van der Waals surface area contributed by atoms with Crippen LogP contribution in [0.3, 0.4) is 0 Å². The van der Waals surface area contributed by atoms with Crippen molar-refractivity contribution in [3.05, 3.63) is 0 Å². The number of aliphatic hydroxyl groups is 2. The van der Waals surface area contributed by atoms with E-state index in [4.69, 9.17) is 33.9 Å². The maximum Gasteiger partial charge on any atom is 0.347 e. The second-order valence-electron chi connectivity index (χ2n) is 7.42. The minimum Gasteiger partial charge on any atom is -0.461 e. The number of carbonyl (C=O) groups is 4. The van der Waals surface area contributed by atoms with Crippen LogP contribution in [0.2, 0.25) is 0 Å². The molecule has 0 aromatic rings. The van der Waals surface area contributed by atoms with Gasteiger partial charge in [0.1, 0.15) is 12.7 Å². The van der Waals surface area contributed by atoms with Crippen LogP contribution >= 0.6 is 0 Å². The summed E-state index contributed by atoms with van der Waals surface area (Å²) in [5, 5.41) is 17.2. The lowest BCUT2D eigenvalue weighted by Gasteiger charge is -2.22. The summed E-state index contributed by atoms with van der Waals surface area (Å²) in [6, 6.07) is 0. The Morgan fingerprint density at radius 2 is 1.18 bits per heavy atom. The topological polar surface area (TPSA) is 183 Å². The van der Waals surface area contributed by atoms with Crippen molar-refractivity contribution in [1.29, 1.82) is 0 Å². The number of aliphatic hydroxyl groups excluding tert-OH is 2. The molecule has 1 fully saturated rings. The Labute approximate surface area is 231 Å². The van der Waals surface area contributed by atoms with Crippen molar-refractivity contribution in [2.24, 2.45) is 0 Å². The van der Waals surface area contributed by atoms with E-state index in [-0.39, 0.29) is 27.2 Å². The fourth-order valence-corrected chi connectivity index (χ4v) is 2.07. The number of rotatable bonds is 16. The minimum absolute atomic E-state index is 0. The summed E-state index contributed by atoms with van der Waals surface area (Å²) in [7, 11) is 0. The number of ether oxygens (including phenoxy) is 8. The monoisotopic (exact) mass is 572 g/mol. The Morgan fingerprint density at radius 1 is 0.769 bits per heavy atom. The first-order chi connectivity index (χ1) is 18.0. The number of carbonyl (C=O) groups excluding carboxylic acids is 4. The van der Waals surface area contributed by atoms with Gasteiger partial charge >= 0.3 is 23.9 Å². The molecule has 14 heteroatoms. The van der Waals surface area contributed by atoms with Gasteiger partial charge in [0.2, 0.25) is 0 Å². The van der Waals surface area contributed by atoms with E-state index >= 15 is 0 Å². The molecule has 0 aromatic carbocycles. The Hall–Kier alpha value is -2.36. The van der Waals surface area contributed by atoms with E-state index in [1.165, 1.54) is 27.7 Å². The van der Waals surface area contributed by atoms with Crippen molar-refractivity contribution in [3.8, 4) is 0 Å². The smallest absolute Gasteiger partial charge is 0.347 e. The van der Waals surface area contributed by atoms with Gasteiger partial charge in [-0.3, -0.25) is 0 Å². The SMILES string of the molecule is C.CC1OC(=O)C(C)OC1=O.CCOCCOCCO.CCOCCOCCOC(=O)C(C)OC(=O)C(C)O. The molecule has 232 valence electrons. The molecule has 4 atom stereocenters. The predicted octanol–water partition coefficient (Wildman–Crippen LogP) is 0.427. The van der Waals surface area contributed by atoms with Crippen LogP contribution in [-0.2, 0) is 57.1 Å². The van der Waals surface area contributed by atoms with E-state index in [0.717, 1.165) is 6.61 Å². The Bertz CT molecular complexity index is 614. The van der Waals surface area contributed by atoms with Crippen LogP contribution in [0.4, 0.5) is 0 Å². The molecule has 0 radical (unpaired) electrons. The third-order valence-electron chi connectivity index (χ3n) is 4.08. The summed E-state index contributed by atoms with van der Waals surface area (Å²) in [6.07, 6.45) is -3.81. The third-order valence-corrected chi connectivity index (χ3v) is 4.08. The summed E-state index contributed by atoms with van der Waals surface area (Å²) in [5.74, 6) is -2.50. The van der Waals surface area contributed by atoms with Gasteiger partial charge in [-0.15, -0.1) is 0 Å². The van der Waals surface area contributed by atoms with Gasteiger partial charge in [-0.1, -0.05) is 7.43 Å². The quantitative estimate of drug-likeness (QED) is 0.147. The lowest BCUT2D eigenvalue weighted by Crippen LogP contribution is -2.40. The van der Waals surface area contributed by atoms with Gasteiger partial charge in [-0.25, -0.2) is 19.2 Å². The lowest BCUT2D eigenvalue weighted by molar-refractivity contribution is -0.191. The summed E-state index contributed by atoms with van der Waals surface area (Å²) in [6.45, 7) is 13.7. The highest BCUT2D eigenvalue weighted by atomic mass is 16.6. The van der Waals surface area contributed by atoms with E-state index in [1.54, 1.807) is 0 Å². The summed E-state index contributed by atoms with van der Waals surface area (Å²) >= 11 is 0. The van der Waals surface area contributed by atoms with Crippen molar-refractivity contribution in [1.82, 2.24) is 0 Å². The first kappa shape index (κ1) is 41.1. The lowest BCUT2D eigenvalue weighted by atomic mass is 10.3. The highest BCUT2D eigenvalue weighted by Crippen LogP contribution is 2.08. The Kier molecular flexibility index (Phi) is 28.7. The zero-order valence-electron chi connectivity index (χ0n) is 23.2. The van der Waals surface area contributed by atoms with Crippen LogP contribution in [-0.4, -0.2) is 125 Å². The van der Waals surface area contributed by atoms with Crippen LogP contribution in [0.25, 0.3) is 0 Å². The molecule has 0 bridgehead atoms. The molecule has 4 unspecified atom stereocenters. The first-order valence-corrected chi connectivity index (χ1v) is 12.4. The Balaban J connectivity index is -0.000000544. The van der Waals surface area contributed by atoms with Crippen molar-refractivity contribution < 1.29 is 67.3 Å². The highest BCUT2D eigenvalue weighted by Gasteiger charge is 2.32. The molecule has 2 N–H and O–H groups in total. The average molecular weight is 573 g/mol. The first-order valence-electron chi connectivity index (χ1n) is 12.4. The van der Waals surface area contributed by atoms with Crippen LogP contribution in [0.15, 0.2) is 0 Å².